The van der Waals surface area contributed by atoms with E-state index < -0.39 is 26.8 Å². The maximum Gasteiger partial charge on any atom is 0.397 e. The number of hydrogen-bond acceptors (Lipinski definition) is 6. The van der Waals surface area contributed by atoms with Crippen molar-refractivity contribution in [1.29, 1.82) is 0 Å². The van der Waals surface area contributed by atoms with Crippen LogP contribution in [0.25, 0.3) is 0 Å². The topological polar surface area (TPSA) is 164 Å². The lowest BCUT2D eigenvalue weighted by Crippen LogP contribution is -2.19. The summed E-state index contributed by atoms with van der Waals surface area (Å²) in [5.74, 6) is 0. The summed E-state index contributed by atoms with van der Waals surface area (Å²) in [6, 6.07) is 8.30. The smallest absolute Gasteiger partial charge is 0.322 e. The standard InChI is InChI=1S/C8H11NO4S.H2O4S/c9-8(6-13-14(10,11)12)7-4-2-1-3-5-7;1-5(2,3)4/h1-5,8H,6,9H2,(H,10,11,12);(H2,1,2,3,4)/t8-;/m0./s1. The van der Waals surface area contributed by atoms with E-state index >= 15 is 0 Å². The van der Waals surface area contributed by atoms with Crippen molar-refractivity contribution < 1.29 is 34.7 Å². The first-order valence-corrected chi connectivity index (χ1v) is 7.37. The summed E-state index contributed by atoms with van der Waals surface area (Å²) in [6.07, 6.45) is 0. The van der Waals surface area contributed by atoms with Gasteiger partial charge in [0.2, 0.25) is 0 Å². The van der Waals surface area contributed by atoms with Gasteiger partial charge in [0.1, 0.15) is 0 Å². The lowest BCUT2D eigenvalue weighted by atomic mass is 10.1. The Hall–Kier alpha value is -1.08. The highest BCUT2D eigenvalue weighted by Crippen LogP contribution is 2.10. The van der Waals surface area contributed by atoms with Crippen molar-refractivity contribution in [3.05, 3.63) is 35.9 Å². The second kappa shape index (κ2) is 7.49. The number of rotatable bonds is 4. The van der Waals surface area contributed by atoms with Gasteiger partial charge >= 0.3 is 20.8 Å². The van der Waals surface area contributed by atoms with Crippen molar-refractivity contribution >= 4 is 20.8 Å². The molecule has 11 heteroatoms. The summed E-state index contributed by atoms with van der Waals surface area (Å²) in [6.45, 7) is -0.275. The molecule has 19 heavy (non-hydrogen) atoms. The molecule has 0 unspecified atom stereocenters. The molecule has 110 valence electrons. The minimum absolute atomic E-state index is 0.275. The quantitative estimate of drug-likeness (QED) is 0.553. The van der Waals surface area contributed by atoms with Gasteiger partial charge in [-0.1, -0.05) is 30.3 Å². The van der Waals surface area contributed by atoms with Crippen LogP contribution in [0, 0.1) is 0 Å². The summed E-state index contributed by atoms with van der Waals surface area (Å²) in [5.41, 5.74) is 6.35. The highest BCUT2D eigenvalue weighted by Gasteiger charge is 2.10. The average molecular weight is 315 g/mol. The Morgan fingerprint density at radius 1 is 1.05 bits per heavy atom. The predicted octanol–water partition coefficient (Wildman–Crippen LogP) is -0.147. The molecule has 1 rings (SSSR count). The van der Waals surface area contributed by atoms with Crippen LogP contribution in [0.5, 0.6) is 0 Å². The highest BCUT2D eigenvalue weighted by molar-refractivity contribution is 7.80. The second-order valence-corrected chi connectivity index (χ2v) is 5.16. The third kappa shape index (κ3) is 13.2. The van der Waals surface area contributed by atoms with Gasteiger partial charge in [-0.15, -0.1) is 0 Å². The first-order valence-electron chi connectivity index (χ1n) is 4.61. The third-order valence-electron chi connectivity index (χ3n) is 1.62. The minimum Gasteiger partial charge on any atom is -0.322 e. The molecular formula is C8H13NO8S2. The Labute approximate surface area is 110 Å². The third-order valence-corrected chi connectivity index (χ3v) is 2.06. The van der Waals surface area contributed by atoms with Crippen molar-refractivity contribution in [2.24, 2.45) is 5.73 Å². The first-order chi connectivity index (χ1) is 8.49. The van der Waals surface area contributed by atoms with Gasteiger partial charge in [0, 0.05) is 0 Å². The summed E-state index contributed by atoms with van der Waals surface area (Å²) >= 11 is 0. The van der Waals surface area contributed by atoms with Gasteiger partial charge in [-0.2, -0.15) is 16.8 Å². The molecule has 5 N–H and O–H groups in total. The molecule has 0 aromatic heterocycles. The fourth-order valence-corrected chi connectivity index (χ4v) is 1.27. The highest BCUT2D eigenvalue weighted by atomic mass is 32.3. The van der Waals surface area contributed by atoms with Crippen LogP contribution in [0.3, 0.4) is 0 Å². The van der Waals surface area contributed by atoms with Crippen LogP contribution in [0.2, 0.25) is 0 Å². The van der Waals surface area contributed by atoms with E-state index in [2.05, 4.69) is 4.18 Å². The molecule has 1 atom stereocenters. The number of benzene rings is 1. The molecule has 0 amide bonds. The van der Waals surface area contributed by atoms with E-state index in [-0.39, 0.29) is 6.61 Å². The van der Waals surface area contributed by atoms with Crippen LogP contribution in [0.15, 0.2) is 30.3 Å². The zero-order valence-electron chi connectivity index (χ0n) is 9.45. The van der Waals surface area contributed by atoms with Crippen molar-refractivity contribution in [2.45, 2.75) is 6.04 Å². The molecule has 0 bridgehead atoms. The molecule has 0 aliphatic heterocycles. The van der Waals surface area contributed by atoms with Gasteiger partial charge in [0.25, 0.3) is 0 Å². The van der Waals surface area contributed by atoms with Crippen LogP contribution in [0.1, 0.15) is 11.6 Å². The van der Waals surface area contributed by atoms with Crippen LogP contribution >= 0.6 is 0 Å². The van der Waals surface area contributed by atoms with Crippen LogP contribution in [0.4, 0.5) is 0 Å². The molecule has 1 aromatic carbocycles. The van der Waals surface area contributed by atoms with Crippen LogP contribution < -0.4 is 5.73 Å². The second-order valence-electron chi connectivity index (χ2n) is 3.18. The molecule has 0 spiro atoms. The van der Waals surface area contributed by atoms with E-state index in [1.54, 1.807) is 24.3 Å². The lowest BCUT2D eigenvalue weighted by molar-refractivity contribution is 0.251. The molecule has 0 aliphatic rings. The zero-order valence-corrected chi connectivity index (χ0v) is 11.1. The van der Waals surface area contributed by atoms with Gasteiger partial charge in [0.15, 0.2) is 0 Å². The normalized spacial score (nSPS) is 13.3. The van der Waals surface area contributed by atoms with E-state index in [0.29, 0.717) is 0 Å². The molecule has 9 nitrogen and oxygen atoms in total. The Morgan fingerprint density at radius 2 is 1.47 bits per heavy atom. The van der Waals surface area contributed by atoms with E-state index in [0.717, 1.165) is 5.56 Å². The fourth-order valence-electron chi connectivity index (χ4n) is 0.956. The van der Waals surface area contributed by atoms with Crippen molar-refractivity contribution in [1.82, 2.24) is 0 Å². The summed E-state index contributed by atoms with van der Waals surface area (Å²) in [4.78, 5) is 0. The average Bonchev–Trinajstić information content (AvgIpc) is 2.24. The molecule has 0 radical (unpaired) electrons. The summed E-state index contributed by atoms with van der Waals surface area (Å²) < 4.78 is 64.5. The molecule has 0 saturated heterocycles. The first kappa shape index (κ1) is 17.9. The van der Waals surface area contributed by atoms with Crippen LogP contribution in [-0.4, -0.2) is 37.1 Å². The molecule has 0 heterocycles. The maximum absolute atomic E-state index is 10.2. The maximum atomic E-state index is 10.2. The van der Waals surface area contributed by atoms with Gasteiger partial charge in [0.05, 0.1) is 12.6 Å². The largest absolute Gasteiger partial charge is 0.397 e. The molecule has 1 aromatic rings. The lowest BCUT2D eigenvalue weighted by Gasteiger charge is -2.09. The van der Waals surface area contributed by atoms with Crippen molar-refractivity contribution in [3.63, 3.8) is 0 Å². The van der Waals surface area contributed by atoms with Gasteiger partial charge in [-0.3, -0.25) is 13.7 Å². The Bertz CT molecular complexity index is 560. The van der Waals surface area contributed by atoms with Crippen LogP contribution in [-0.2, 0) is 25.0 Å². The van der Waals surface area contributed by atoms with Gasteiger partial charge in [-0.25, -0.2) is 4.18 Å². The van der Waals surface area contributed by atoms with E-state index in [1.807, 2.05) is 6.07 Å². The molecule has 0 aliphatic carbocycles. The Morgan fingerprint density at radius 3 is 1.84 bits per heavy atom. The Kier molecular flexibility index (Phi) is 7.07. The zero-order chi connectivity index (χ0) is 15.1. The number of nitrogens with two attached hydrogens (primary N) is 1. The molecular weight excluding hydrogens is 302 g/mol. The van der Waals surface area contributed by atoms with E-state index in [1.165, 1.54) is 0 Å². The fraction of sp³-hybridized carbons (Fsp3) is 0.250. The van der Waals surface area contributed by atoms with Crippen molar-refractivity contribution in [2.75, 3.05) is 6.61 Å². The Balaban J connectivity index is 0.000000555. The summed E-state index contributed by atoms with van der Waals surface area (Å²) in [5, 5.41) is 0. The minimum atomic E-state index is -4.67. The predicted molar refractivity (Wildman–Crippen MR) is 65.0 cm³/mol. The van der Waals surface area contributed by atoms with E-state index in [9.17, 15) is 8.42 Å². The van der Waals surface area contributed by atoms with Crippen molar-refractivity contribution in [3.8, 4) is 0 Å². The van der Waals surface area contributed by atoms with Gasteiger partial charge < -0.3 is 5.73 Å². The summed E-state index contributed by atoms with van der Waals surface area (Å²) in [7, 11) is -9.07. The molecule has 0 fully saturated rings. The van der Waals surface area contributed by atoms with E-state index in [4.69, 9.17) is 27.8 Å². The molecule has 0 saturated carbocycles. The number of hydrogen-bond donors (Lipinski definition) is 4. The SMILES string of the molecule is N[C@@H](COS(=O)(=O)O)c1ccccc1.O=S(=O)(O)O. The monoisotopic (exact) mass is 315 g/mol. The van der Waals surface area contributed by atoms with Gasteiger partial charge in [-0.05, 0) is 5.56 Å².